The Hall–Kier alpha value is -4.96. The first-order valence-electron chi connectivity index (χ1n) is 16.4. The zero-order valence-electron chi connectivity index (χ0n) is 29.8. The van der Waals surface area contributed by atoms with Gasteiger partial charge < -0.3 is 10.3 Å². The monoisotopic (exact) mass is 631 g/mol. The van der Waals surface area contributed by atoms with E-state index in [0.29, 0.717) is 11.4 Å². The second-order valence-corrected chi connectivity index (χ2v) is 10.2. The molecule has 0 saturated carbocycles. The van der Waals surface area contributed by atoms with Gasteiger partial charge in [-0.05, 0) is 79.7 Å². The van der Waals surface area contributed by atoms with Crippen molar-refractivity contribution in [2.24, 2.45) is 0 Å². The van der Waals surface area contributed by atoms with Crippen molar-refractivity contribution >= 4 is 11.1 Å². The molecule has 0 amide bonds. The van der Waals surface area contributed by atoms with Crippen LogP contribution in [0.3, 0.4) is 0 Å². The number of aromatic amines is 1. The van der Waals surface area contributed by atoms with Crippen molar-refractivity contribution in [2.75, 3.05) is 7.05 Å². The van der Waals surface area contributed by atoms with Gasteiger partial charge >= 0.3 is 0 Å². The van der Waals surface area contributed by atoms with Crippen LogP contribution in [0.25, 0.3) is 11.1 Å². The predicted molar refractivity (Wildman–Crippen MR) is 206 cm³/mol. The third-order valence-electron chi connectivity index (χ3n) is 7.24. The SMILES string of the molecule is C=C/C=C(/c1ccc(F)cc1)c1nc(C(=C)C(=C)\C(=C/C=C(C)/C(/C=C(\C=C)CCc2ccccc2)=C/C)NC)[nH]c1C.CC.CC. The fraction of sp³-hybridized carbons (Fsp3) is 0.233. The molecule has 1 heterocycles. The predicted octanol–water partition coefficient (Wildman–Crippen LogP) is 11.8. The molecule has 3 rings (SSSR count). The Bertz CT molecular complexity index is 1620. The van der Waals surface area contributed by atoms with Gasteiger partial charge in [0, 0.05) is 35.2 Å². The zero-order chi connectivity index (χ0) is 35.4. The van der Waals surface area contributed by atoms with E-state index >= 15 is 0 Å². The maximum absolute atomic E-state index is 13.6. The summed E-state index contributed by atoms with van der Waals surface area (Å²) in [6.45, 7) is 30.6. The molecule has 0 saturated heterocycles. The Morgan fingerprint density at radius 2 is 1.57 bits per heavy atom. The molecule has 2 aromatic carbocycles. The van der Waals surface area contributed by atoms with Crippen molar-refractivity contribution in [1.82, 2.24) is 15.3 Å². The van der Waals surface area contributed by atoms with Crippen LogP contribution in [0.2, 0.25) is 0 Å². The van der Waals surface area contributed by atoms with Crippen LogP contribution in [0.15, 0.2) is 151 Å². The summed E-state index contributed by atoms with van der Waals surface area (Å²) >= 11 is 0. The number of rotatable bonds is 14. The van der Waals surface area contributed by atoms with Crippen LogP contribution in [0, 0.1) is 12.7 Å². The lowest BCUT2D eigenvalue weighted by molar-refractivity contribution is 0.627. The highest BCUT2D eigenvalue weighted by molar-refractivity contribution is 5.83. The van der Waals surface area contributed by atoms with Crippen LogP contribution in [0.5, 0.6) is 0 Å². The number of hydrogen-bond acceptors (Lipinski definition) is 2. The van der Waals surface area contributed by atoms with Gasteiger partial charge in [0.25, 0.3) is 0 Å². The van der Waals surface area contributed by atoms with Crippen molar-refractivity contribution < 1.29 is 4.39 Å². The number of aromatic nitrogens is 2. The van der Waals surface area contributed by atoms with Crippen molar-refractivity contribution in [3.05, 3.63) is 186 Å². The van der Waals surface area contributed by atoms with Gasteiger partial charge in [-0.3, -0.25) is 0 Å². The van der Waals surface area contributed by atoms with Gasteiger partial charge in [0.1, 0.15) is 11.6 Å². The number of H-pyrrole nitrogens is 1. The molecule has 0 atom stereocenters. The van der Waals surface area contributed by atoms with E-state index in [1.54, 1.807) is 18.2 Å². The topological polar surface area (TPSA) is 40.7 Å². The molecule has 4 heteroatoms. The number of benzene rings is 2. The van der Waals surface area contributed by atoms with E-state index < -0.39 is 0 Å². The molecule has 0 unspecified atom stereocenters. The molecular weight excluding hydrogens is 577 g/mol. The number of nitrogens with zero attached hydrogens (tertiary/aromatic N) is 1. The lowest BCUT2D eigenvalue weighted by atomic mass is 9.98. The molecule has 0 spiro atoms. The third kappa shape index (κ3) is 12.1. The van der Waals surface area contributed by atoms with Crippen LogP contribution < -0.4 is 5.32 Å². The van der Waals surface area contributed by atoms with Crippen LogP contribution in [-0.2, 0) is 6.42 Å². The van der Waals surface area contributed by atoms with Crippen LogP contribution in [-0.4, -0.2) is 17.0 Å². The maximum Gasteiger partial charge on any atom is 0.138 e. The Labute approximate surface area is 284 Å². The van der Waals surface area contributed by atoms with E-state index in [1.165, 1.54) is 23.3 Å². The summed E-state index contributed by atoms with van der Waals surface area (Å²) in [6.07, 6.45) is 15.8. The normalized spacial score (nSPS) is 12.2. The van der Waals surface area contributed by atoms with Crippen molar-refractivity contribution in [1.29, 1.82) is 0 Å². The molecule has 248 valence electrons. The van der Waals surface area contributed by atoms with Crippen LogP contribution in [0.4, 0.5) is 4.39 Å². The average Bonchev–Trinajstić information content (AvgIpc) is 3.50. The first-order chi connectivity index (χ1) is 22.7. The van der Waals surface area contributed by atoms with E-state index in [4.69, 9.17) is 4.98 Å². The molecule has 0 bridgehead atoms. The van der Waals surface area contributed by atoms with Gasteiger partial charge in [-0.1, -0.05) is 133 Å². The lowest BCUT2D eigenvalue weighted by Crippen LogP contribution is -2.09. The number of imidazole rings is 1. The van der Waals surface area contributed by atoms with Gasteiger partial charge in [0.05, 0.1) is 5.69 Å². The Kier molecular flexibility index (Phi) is 18.5. The minimum atomic E-state index is -0.289. The summed E-state index contributed by atoms with van der Waals surface area (Å²) in [5.74, 6) is 0.325. The molecule has 3 nitrogen and oxygen atoms in total. The fourth-order valence-corrected chi connectivity index (χ4v) is 4.66. The van der Waals surface area contributed by atoms with E-state index in [2.05, 4.69) is 86.0 Å². The first-order valence-corrected chi connectivity index (χ1v) is 16.4. The maximum atomic E-state index is 13.6. The molecular formula is C43H54FN3. The largest absolute Gasteiger partial charge is 0.388 e. The number of allylic oxidation sites excluding steroid dienone is 11. The Morgan fingerprint density at radius 1 is 0.936 bits per heavy atom. The molecule has 0 fully saturated rings. The fourth-order valence-electron chi connectivity index (χ4n) is 4.66. The van der Waals surface area contributed by atoms with Crippen LogP contribution in [0.1, 0.15) is 76.3 Å². The molecule has 0 aliphatic rings. The summed E-state index contributed by atoms with van der Waals surface area (Å²) in [5, 5.41) is 3.25. The lowest BCUT2D eigenvalue weighted by Gasteiger charge is -2.12. The van der Waals surface area contributed by atoms with Crippen LogP contribution >= 0.6 is 0 Å². The van der Waals surface area contributed by atoms with Crippen molar-refractivity contribution in [3.63, 3.8) is 0 Å². The van der Waals surface area contributed by atoms with Gasteiger partial charge in [-0.25, -0.2) is 9.37 Å². The quantitative estimate of drug-likeness (QED) is 0.174. The highest BCUT2D eigenvalue weighted by Gasteiger charge is 2.17. The zero-order valence-corrected chi connectivity index (χ0v) is 29.8. The standard InChI is InChI=1S/C39H42FN3.2C2H6/c1-9-15-36(34-21-23-35(40)24-22-34)38-30(7)42-39(43-38)29(6)28(5)37(41-8)25-18-27(4)33(11-3)26-31(10-2)19-20-32-16-13-12-14-17-32;2*1-2/h9-18,21-26,41H,1-2,5-6,19-20H2,3-4,7-8H3,(H,42,43);2*1-2H3/b27-18+,31-26+,33-11+,36-15-,37-25+;;. The smallest absolute Gasteiger partial charge is 0.138 e. The van der Waals surface area contributed by atoms with Gasteiger partial charge in [0.15, 0.2) is 0 Å². The van der Waals surface area contributed by atoms with Gasteiger partial charge in [0.2, 0.25) is 0 Å². The highest BCUT2D eigenvalue weighted by Crippen LogP contribution is 2.29. The van der Waals surface area contributed by atoms with E-state index in [9.17, 15) is 4.39 Å². The molecule has 0 radical (unpaired) electrons. The van der Waals surface area contributed by atoms with E-state index in [-0.39, 0.29) is 5.82 Å². The van der Waals surface area contributed by atoms with Crippen molar-refractivity contribution in [3.8, 4) is 0 Å². The molecule has 3 aromatic rings. The average molecular weight is 632 g/mol. The number of hydrogen-bond donors (Lipinski definition) is 2. The highest BCUT2D eigenvalue weighted by atomic mass is 19.1. The molecule has 47 heavy (non-hydrogen) atoms. The van der Waals surface area contributed by atoms with Gasteiger partial charge in [-0.15, -0.1) is 0 Å². The Morgan fingerprint density at radius 3 is 2.13 bits per heavy atom. The molecule has 0 aliphatic heterocycles. The second-order valence-electron chi connectivity index (χ2n) is 10.2. The minimum absolute atomic E-state index is 0.289. The Balaban J connectivity index is 0.00000265. The van der Waals surface area contributed by atoms with E-state index in [0.717, 1.165) is 57.8 Å². The number of nitrogens with one attached hydrogen (secondary N) is 2. The summed E-state index contributed by atoms with van der Waals surface area (Å²) in [7, 11) is 1.86. The molecule has 2 N–H and O–H groups in total. The molecule has 0 aliphatic carbocycles. The number of halogens is 1. The van der Waals surface area contributed by atoms with E-state index in [1.807, 2.05) is 72.9 Å². The van der Waals surface area contributed by atoms with Crippen molar-refractivity contribution in [2.45, 2.75) is 61.3 Å². The van der Waals surface area contributed by atoms with Gasteiger partial charge in [-0.2, -0.15) is 0 Å². The summed E-state index contributed by atoms with van der Waals surface area (Å²) < 4.78 is 13.6. The summed E-state index contributed by atoms with van der Waals surface area (Å²) in [6, 6.07) is 16.8. The summed E-state index contributed by atoms with van der Waals surface area (Å²) in [5.41, 5.74) is 10.2. The number of aryl methyl sites for hydroxylation is 2. The number of likely N-dealkylation sites (N-methyl/N-ethyl adjacent to an activating group) is 1. The third-order valence-corrected chi connectivity index (χ3v) is 7.24. The molecule has 1 aromatic heterocycles. The first kappa shape index (κ1) is 40.1. The second kappa shape index (κ2) is 21.7. The summed E-state index contributed by atoms with van der Waals surface area (Å²) in [4.78, 5) is 8.21. The minimum Gasteiger partial charge on any atom is -0.388 e.